The Labute approximate surface area is 135 Å². The normalized spacial score (nSPS) is 42.0. The van der Waals surface area contributed by atoms with E-state index in [4.69, 9.17) is 14.2 Å². The lowest BCUT2D eigenvalue weighted by molar-refractivity contribution is 0.0251. The number of epoxide rings is 1. The van der Waals surface area contributed by atoms with Crippen molar-refractivity contribution < 1.29 is 19.0 Å². The Balaban J connectivity index is 1.20. The SMILES string of the molecule is COc1ccc(NC(=O)O[C@@H]2C[C@H]3C[C@H]2[C@@H]2C[C@@H]4O[C@@H]4[C@@H]32)cc1. The second-order valence-electron chi connectivity index (χ2n) is 7.31. The summed E-state index contributed by atoms with van der Waals surface area (Å²) in [5.41, 5.74) is 0.729. The van der Waals surface area contributed by atoms with Crippen LogP contribution in [0.1, 0.15) is 19.3 Å². The Hall–Kier alpha value is -1.75. The molecule has 122 valence electrons. The minimum absolute atomic E-state index is 0.0806. The fraction of sp³-hybridized carbons (Fsp3) is 0.611. The number of carbonyl (C=O) groups is 1. The van der Waals surface area contributed by atoms with Gasteiger partial charge in [-0.3, -0.25) is 5.32 Å². The van der Waals surface area contributed by atoms with E-state index in [2.05, 4.69) is 5.32 Å². The first kappa shape index (κ1) is 13.7. The van der Waals surface area contributed by atoms with Gasteiger partial charge in [-0.2, -0.15) is 0 Å². The predicted molar refractivity (Wildman–Crippen MR) is 83.4 cm³/mol. The lowest BCUT2D eigenvalue weighted by Crippen LogP contribution is -2.35. The molecule has 2 bridgehead atoms. The summed E-state index contributed by atoms with van der Waals surface area (Å²) in [7, 11) is 1.62. The van der Waals surface area contributed by atoms with Gasteiger partial charge in [0.2, 0.25) is 0 Å². The zero-order chi connectivity index (χ0) is 15.6. The van der Waals surface area contributed by atoms with Crippen LogP contribution >= 0.6 is 0 Å². The van der Waals surface area contributed by atoms with Crippen molar-refractivity contribution in [2.75, 3.05) is 12.4 Å². The van der Waals surface area contributed by atoms with Crippen LogP contribution in [0.25, 0.3) is 0 Å². The van der Waals surface area contributed by atoms with E-state index in [0.29, 0.717) is 24.0 Å². The van der Waals surface area contributed by atoms with Crippen LogP contribution in [0, 0.1) is 23.7 Å². The summed E-state index contributed by atoms with van der Waals surface area (Å²) in [5.74, 6) is 3.47. The fourth-order valence-electron chi connectivity index (χ4n) is 5.36. The number of rotatable bonds is 3. The number of hydrogen-bond acceptors (Lipinski definition) is 4. The Kier molecular flexibility index (Phi) is 2.89. The molecular weight excluding hydrogens is 294 g/mol. The van der Waals surface area contributed by atoms with E-state index < -0.39 is 0 Å². The highest BCUT2D eigenvalue weighted by Crippen LogP contribution is 2.64. The van der Waals surface area contributed by atoms with Crippen molar-refractivity contribution in [3.8, 4) is 5.75 Å². The second-order valence-corrected chi connectivity index (χ2v) is 7.31. The predicted octanol–water partition coefficient (Wildman–Crippen LogP) is 3.06. The van der Waals surface area contributed by atoms with Crippen molar-refractivity contribution >= 4 is 11.8 Å². The smallest absolute Gasteiger partial charge is 0.411 e. The first-order valence-corrected chi connectivity index (χ1v) is 8.50. The van der Waals surface area contributed by atoms with Crippen LogP contribution in [0.15, 0.2) is 24.3 Å². The molecule has 4 fully saturated rings. The molecule has 1 saturated heterocycles. The van der Waals surface area contributed by atoms with E-state index in [1.54, 1.807) is 7.11 Å². The molecule has 0 radical (unpaired) electrons. The molecule has 5 rings (SSSR count). The van der Waals surface area contributed by atoms with Gasteiger partial charge in [0.1, 0.15) is 11.9 Å². The number of anilines is 1. The van der Waals surface area contributed by atoms with Gasteiger partial charge in [0.05, 0.1) is 19.3 Å². The molecule has 1 aromatic carbocycles. The standard InChI is InChI=1S/C18H21NO4/c1-21-11-4-2-10(3-5-11)19-18(20)23-14-7-9-6-12(14)13-8-15-17(22-15)16(9)13/h2-5,9,12-17H,6-8H2,1H3,(H,19,20)/t9-,12+,13+,14-,15+,16+,17+/m1/s1. The van der Waals surface area contributed by atoms with Gasteiger partial charge >= 0.3 is 6.09 Å². The largest absolute Gasteiger partial charge is 0.497 e. The molecule has 1 amide bonds. The maximum absolute atomic E-state index is 12.2. The minimum atomic E-state index is -0.344. The molecule has 5 heteroatoms. The Morgan fingerprint density at radius 3 is 2.78 bits per heavy atom. The number of benzene rings is 1. The third-order valence-electron chi connectivity index (χ3n) is 6.28. The van der Waals surface area contributed by atoms with Crippen LogP contribution in [-0.2, 0) is 9.47 Å². The second kappa shape index (κ2) is 4.87. The van der Waals surface area contributed by atoms with Crippen molar-refractivity contribution in [1.29, 1.82) is 0 Å². The zero-order valence-electron chi connectivity index (χ0n) is 13.1. The minimum Gasteiger partial charge on any atom is -0.497 e. The Morgan fingerprint density at radius 1 is 1.17 bits per heavy atom. The van der Waals surface area contributed by atoms with Gasteiger partial charge in [-0.25, -0.2) is 4.79 Å². The Morgan fingerprint density at radius 2 is 2.00 bits per heavy atom. The lowest BCUT2D eigenvalue weighted by Gasteiger charge is -2.32. The average molecular weight is 315 g/mol. The van der Waals surface area contributed by atoms with E-state index in [9.17, 15) is 4.79 Å². The average Bonchev–Trinajstić information content (AvgIpc) is 2.92. The van der Waals surface area contributed by atoms with Crippen LogP contribution in [-0.4, -0.2) is 31.5 Å². The van der Waals surface area contributed by atoms with Gasteiger partial charge in [-0.05, 0) is 67.2 Å². The van der Waals surface area contributed by atoms with Crippen LogP contribution in [0.5, 0.6) is 5.75 Å². The molecule has 5 nitrogen and oxygen atoms in total. The molecule has 1 N–H and O–H groups in total. The van der Waals surface area contributed by atoms with Gasteiger partial charge in [0.15, 0.2) is 0 Å². The van der Waals surface area contributed by atoms with Crippen LogP contribution in [0.2, 0.25) is 0 Å². The van der Waals surface area contributed by atoms with Crippen LogP contribution in [0.3, 0.4) is 0 Å². The summed E-state index contributed by atoms with van der Waals surface area (Å²) in [5, 5.41) is 2.82. The van der Waals surface area contributed by atoms with Crippen LogP contribution < -0.4 is 10.1 Å². The highest BCUT2D eigenvalue weighted by molar-refractivity contribution is 5.84. The molecule has 3 saturated carbocycles. The fourth-order valence-corrected chi connectivity index (χ4v) is 5.36. The summed E-state index contributed by atoms with van der Waals surface area (Å²) >= 11 is 0. The number of carbonyl (C=O) groups excluding carboxylic acids is 1. The van der Waals surface area contributed by atoms with Crippen molar-refractivity contribution in [1.82, 2.24) is 0 Å². The number of methoxy groups -OCH3 is 1. The number of ether oxygens (including phenoxy) is 3. The van der Waals surface area contributed by atoms with Gasteiger partial charge in [0, 0.05) is 5.69 Å². The molecule has 0 unspecified atom stereocenters. The number of hydrogen-bond donors (Lipinski definition) is 1. The summed E-state index contributed by atoms with van der Waals surface area (Å²) in [6.07, 6.45) is 4.18. The number of amides is 1. The molecule has 3 aliphatic carbocycles. The van der Waals surface area contributed by atoms with E-state index in [-0.39, 0.29) is 12.2 Å². The molecule has 1 heterocycles. The summed E-state index contributed by atoms with van der Waals surface area (Å²) in [6.45, 7) is 0. The van der Waals surface area contributed by atoms with Gasteiger partial charge in [0.25, 0.3) is 0 Å². The lowest BCUT2D eigenvalue weighted by atomic mass is 9.79. The van der Waals surface area contributed by atoms with E-state index in [1.807, 2.05) is 24.3 Å². The number of fused-ring (bicyclic) bond motifs is 7. The quantitative estimate of drug-likeness (QED) is 0.871. The first-order valence-electron chi connectivity index (χ1n) is 8.50. The molecule has 1 aromatic rings. The highest BCUT2D eigenvalue weighted by Gasteiger charge is 2.67. The third-order valence-corrected chi connectivity index (χ3v) is 6.28. The van der Waals surface area contributed by atoms with E-state index in [1.165, 1.54) is 12.8 Å². The van der Waals surface area contributed by atoms with Crippen molar-refractivity contribution in [2.24, 2.45) is 23.7 Å². The Bertz CT molecular complexity index is 630. The molecular formula is C18H21NO4. The summed E-state index contributed by atoms with van der Waals surface area (Å²) in [4.78, 5) is 12.2. The van der Waals surface area contributed by atoms with Gasteiger partial charge < -0.3 is 14.2 Å². The monoisotopic (exact) mass is 315 g/mol. The molecule has 4 aliphatic rings. The summed E-state index contributed by atoms with van der Waals surface area (Å²) < 4.78 is 16.6. The molecule has 23 heavy (non-hydrogen) atoms. The maximum Gasteiger partial charge on any atom is 0.411 e. The van der Waals surface area contributed by atoms with E-state index in [0.717, 1.165) is 29.7 Å². The molecule has 1 aliphatic heterocycles. The third kappa shape index (κ3) is 2.13. The first-order chi connectivity index (χ1) is 11.2. The number of nitrogens with one attached hydrogen (secondary N) is 1. The maximum atomic E-state index is 12.2. The molecule has 0 spiro atoms. The van der Waals surface area contributed by atoms with E-state index >= 15 is 0 Å². The van der Waals surface area contributed by atoms with Crippen LogP contribution in [0.4, 0.5) is 10.5 Å². The van der Waals surface area contributed by atoms with Gasteiger partial charge in [-0.1, -0.05) is 0 Å². The summed E-state index contributed by atoms with van der Waals surface area (Å²) in [6, 6.07) is 7.28. The van der Waals surface area contributed by atoms with Crippen molar-refractivity contribution in [3.05, 3.63) is 24.3 Å². The van der Waals surface area contributed by atoms with Crippen molar-refractivity contribution in [3.63, 3.8) is 0 Å². The highest BCUT2D eigenvalue weighted by atomic mass is 16.6. The van der Waals surface area contributed by atoms with Gasteiger partial charge in [-0.15, -0.1) is 0 Å². The molecule has 0 aromatic heterocycles. The molecule has 7 atom stereocenters. The van der Waals surface area contributed by atoms with Crippen molar-refractivity contribution in [2.45, 2.75) is 37.6 Å². The topological polar surface area (TPSA) is 60.1 Å². The zero-order valence-corrected chi connectivity index (χ0v) is 13.1.